The van der Waals surface area contributed by atoms with Gasteiger partial charge in [-0.25, -0.2) is 15.0 Å². The molecule has 3 heterocycles. The van der Waals surface area contributed by atoms with E-state index in [1.165, 1.54) is 0 Å². The van der Waals surface area contributed by atoms with E-state index in [0.717, 1.165) is 54.8 Å². The summed E-state index contributed by atoms with van der Waals surface area (Å²) >= 11 is 0. The molecule has 0 radical (unpaired) electrons. The van der Waals surface area contributed by atoms with E-state index in [4.69, 9.17) is 0 Å². The summed E-state index contributed by atoms with van der Waals surface area (Å²) in [6.07, 6.45) is 3.19. The van der Waals surface area contributed by atoms with Crippen molar-refractivity contribution in [3.05, 3.63) is 23.1 Å². The fourth-order valence-corrected chi connectivity index (χ4v) is 3.03. The molecule has 0 atom stereocenters. The summed E-state index contributed by atoms with van der Waals surface area (Å²) < 4.78 is 0. The van der Waals surface area contributed by atoms with Gasteiger partial charge in [0, 0.05) is 25.3 Å². The second-order valence-electron chi connectivity index (χ2n) is 6.10. The molecule has 122 valence electrons. The minimum Gasteiger partial charge on any atom is -0.356 e. The minimum atomic E-state index is -0.227. The van der Waals surface area contributed by atoms with Crippen LogP contribution in [0, 0.1) is 13.8 Å². The number of aryl methyl sites for hydroxylation is 2. The van der Waals surface area contributed by atoms with Crippen LogP contribution in [-0.2, 0) is 0 Å². The molecule has 3 rings (SSSR count). The molecule has 6 nitrogen and oxygen atoms in total. The van der Waals surface area contributed by atoms with Gasteiger partial charge in [0.1, 0.15) is 5.82 Å². The van der Waals surface area contributed by atoms with Gasteiger partial charge < -0.3 is 10.2 Å². The smallest absolute Gasteiger partial charge is 0.289 e. The molecule has 1 amide bonds. The molecule has 2 aromatic rings. The molecule has 1 saturated heterocycles. The summed E-state index contributed by atoms with van der Waals surface area (Å²) in [4.78, 5) is 28.1. The highest BCUT2D eigenvalue weighted by Gasteiger charge is 2.22. The normalized spacial score (nSPS) is 14.5. The largest absolute Gasteiger partial charge is 0.356 e. The molecular formula is C17H23N5O. The van der Waals surface area contributed by atoms with E-state index in [2.05, 4.69) is 32.1 Å². The van der Waals surface area contributed by atoms with Gasteiger partial charge in [-0.05, 0) is 44.7 Å². The number of carbonyl (C=O) groups excluding carboxylic acids is 1. The van der Waals surface area contributed by atoms with Crippen LogP contribution in [0.25, 0.3) is 11.0 Å². The topological polar surface area (TPSA) is 71.0 Å². The molecule has 1 aliphatic heterocycles. The number of hydrogen-bond acceptors (Lipinski definition) is 5. The Hall–Kier alpha value is -2.24. The van der Waals surface area contributed by atoms with Crippen LogP contribution in [0.2, 0.25) is 0 Å². The van der Waals surface area contributed by atoms with E-state index < -0.39 is 0 Å². The van der Waals surface area contributed by atoms with Gasteiger partial charge in [0.15, 0.2) is 5.65 Å². The van der Waals surface area contributed by atoms with Gasteiger partial charge in [-0.3, -0.25) is 4.79 Å². The summed E-state index contributed by atoms with van der Waals surface area (Å²) in [5, 5.41) is 3.81. The first-order valence-electron chi connectivity index (χ1n) is 8.29. The third-order valence-electron chi connectivity index (χ3n) is 4.12. The molecule has 0 aliphatic carbocycles. The Balaban J connectivity index is 2.14. The maximum Gasteiger partial charge on any atom is 0.289 e. The van der Waals surface area contributed by atoms with Gasteiger partial charge in [0.25, 0.3) is 5.91 Å². The first-order valence-corrected chi connectivity index (χ1v) is 8.29. The Morgan fingerprint density at radius 3 is 2.65 bits per heavy atom. The van der Waals surface area contributed by atoms with Crippen LogP contribution in [-0.4, -0.2) is 40.5 Å². The summed E-state index contributed by atoms with van der Waals surface area (Å²) in [7, 11) is 0. The summed E-state index contributed by atoms with van der Waals surface area (Å²) in [6.45, 7) is 8.58. The SMILES string of the molecule is CCCNC(=O)c1nc(N2CCCC2)c2c(C)cc(C)nc2n1. The monoisotopic (exact) mass is 313 g/mol. The maximum atomic E-state index is 12.3. The van der Waals surface area contributed by atoms with Crippen molar-refractivity contribution in [2.45, 2.75) is 40.0 Å². The van der Waals surface area contributed by atoms with E-state index in [1.807, 2.05) is 19.9 Å². The molecule has 0 bridgehead atoms. The predicted molar refractivity (Wildman–Crippen MR) is 90.9 cm³/mol. The van der Waals surface area contributed by atoms with Gasteiger partial charge in [0.05, 0.1) is 5.39 Å². The highest BCUT2D eigenvalue weighted by molar-refractivity contribution is 5.96. The van der Waals surface area contributed by atoms with Gasteiger partial charge >= 0.3 is 0 Å². The molecule has 0 spiro atoms. The Labute approximate surface area is 136 Å². The molecule has 2 aromatic heterocycles. The van der Waals surface area contributed by atoms with Crippen LogP contribution < -0.4 is 10.2 Å². The molecule has 0 unspecified atom stereocenters. The average Bonchev–Trinajstić information content (AvgIpc) is 3.05. The fourth-order valence-electron chi connectivity index (χ4n) is 3.03. The van der Waals surface area contributed by atoms with Crippen LogP contribution in [0.1, 0.15) is 48.1 Å². The molecule has 1 aliphatic rings. The zero-order valence-electron chi connectivity index (χ0n) is 14.0. The summed E-state index contributed by atoms with van der Waals surface area (Å²) in [6, 6.07) is 2.04. The predicted octanol–water partition coefficient (Wildman–Crippen LogP) is 2.38. The van der Waals surface area contributed by atoms with Crippen molar-refractivity contribution in [3.63, 3.8) is 0 Å². The van der Waals surface area contributed by atoms with Crippen molar-refractivity contribution in [1.82, 2.24) is 20.3 Å². The van der Waals surface area contributed by atoms with Gasteiger partial charge in [-0.2, -0.15) is 0 Å². The second kappa shape index (κ2) is 6.48. The fraction of sp³-hybridized carbons (Fsp3) is 0.529. The number of amides is 1. The van der Waals surface area contributed by atoms with E-state index in [-0.39, 0.29) is 11.7 Å². The van der Waals surface area contributed by atoms with Crippen LogP contribution >= 0.6 is 0 Å². The first-order chi connectivity index (χ1) is 11.1. The highest BCUT2D eigenvalue weighted by atomic mass is 16.2. The lowest BCUT2D eigenvalue weighted by atomic mass is 10.1. The molecule has 23 heavy (non-hydrogen) atoms. The maximum absolute atomic E-state index is 12.3. The number of carbonyl (C=O) groups is 1. The van der Waals surface area contributed by atoms with E-state index in [1.54, 1.807) is 0 Å². The Kier molecular flexibility index (Phi) is 4.41. The molecular weight excluding hydrogens is 290 g/mol. The number of anilines is 1. The van der Waals surface area contributed by atoms with Crippen molar-refractivity contribution in [1.29, 1.82) is 0 Å². The molecule has 6 heteroatoms. The van der Waals surface area contributed by atoms with Crippen molar-refractivity contribution >= 4 is 22.8 Å². The van der Waals surface area contributed by atoms with Gasteiger partial charge in [0.2, 0.25) is 5.82 Å². The van der Waals surface area contributed by atoms with Gasteiger partial charge in [-0.1, -0.05) is 6.92 Å². The molecule has 1 N–H and O–H groups in total. The van der Waals surface area contributed by atoms with E-state index in [9.17, 15) is 4.79 Å². The quantitative estimate of drug-likeness (QED) is 0.938. The number of nitrogens with zero attached hydrogens (tertiary/aromatic N) is 4. The van der Waals surface area contributed by atoms with Crippen molar-refractivity contribution in [3.8, 4) is 0 Å². The Bertz CT molecular complexity index is 737. The lowest BCUT2D eigenvalue weighted by Gasteiger charge is -2.20. The number of aromatic nitrogens is 3. The Morgan fingerprint density at radius 2 is 1.96 bits per heavy atom. The molecule has 0 aromatic carbocycles. The van der Waals surface area contributed by atoms with Crippen molar-refractivity contribution < 1.29 is 4.79 Å². The summed E-state index contributed by atoms with van der Waals surface area (Å²) in [5.74, 6) is 0.833. The van der Waals surface area contributed by atoms with Crippen LogP contribution in [0.5, 0.6) is 0 Å². The van der Waals surface area contributed by atoms with E-state index >= 15 is 0 Å². The number of hydrogen-bond donors (Lipinski definition) is 1. The van der Waals surface area contributed by atoms with Crippen molar-refractivity contribution in [2.75, 3.05) is 24.5 Å². The zero-order chi connectivity index (χ0) is 16.4. The van der Waals surface area contributed by atoms with Crippen molar-refractivity contribution in [2.24, 2.45) is 0 Å². The zero-order valence-corrected chi connectivity index (χ0v) is 14.0. The molecule has 1 fully saturated rings. The minimum absolute atomic E-state index is 0.213. The van der Waals surface area contributed by atoms with E-state index in [0.29, 0.717) is 12.2 Å². The van der Waals surface area contributed by atoms with Crippen LogP contribution in [0.4, 0.5) is 5.82 Å². The lowest BCUT2D eigenvalue weighted by Crippen LogP contribution is -2.28. The number of fused-ring (bicyclic) bond motifs is 1. The Morgan fingerprint density at radius 1 is 1.22 bits per heavy atom. The van der Waals surface area contributed by atoms with Gasteiger partial charge in [-0.15, -0.1) is 0 Å². The lowest BCUT2D eigenvalue weighted by molar-refractivity contribution is 0.0943. The highest BCUT2D eigenvalue weighted by Crippen LogP contribution is 2.29. The van der Waals surface area contributed by atoms with Crippen LogP contribution in [0.15, 0.2) is 6.07 Å². The van der Waals surface area contributed by atoms with Crippen LogP contribution in [0.3, 0.4) is 0 Å². The molecule has 0 saturated carbocycles. The number of nitrogens with one attached hydrogen (secondary N) is 1. The second-order valence-corrected chi connectivity index (χ2v) is 6.10. The first kappa shape index (κ1) is 15.6. The third kappa shape index (κ3) is 3.11. The number of pyridine rings is 1. The average molecular weight is 313 g/mol. The standard InChI is InChI=1S/C17H23N5O/c1-4-7-18-17(23)15-20-14-13(11(2)10-12(3)19-14)16(21-15)22-8-5-6-9-22/h10H,4-9H2,1-3H3,(H,18,23). The third-order valence-corrected chi connectivity index (χ3v) is 4.12. The summed E-state index contributed by atoms with van der Waals surface area (Å²) in [5.41, 5.74) is 2.62. The number of rotatable bonds is 4.